The molecule has 0 fully saturated rings. The first-order chi connectivity index (χ1) is 6.41. The molecule has 0 aliphatic carbocycles. The van der Waals surface area contributed by atoms with Gasteiger partial charge in [0.1, 0.15) is 0 Å². The van der Waals surface area contributed by atoms with Crippen LogP contribution in [0.1, 0.15) is 65.2 Å². The van der Waals surface area contributed by atoms with Crippen LogP contribution in [-0.4, -0.2) is 0 Å². The van der Waals surface area contributed by atoms with Gasteiger partial charge in [0.25, 0.3) is 0 Å². The van der Waals surface area contributed by atoms with Gasteiger partial charge in [0.15, 0.2) is 0 Å². The molecule has 0 bridgehead atoms. The maximum atomic E-state index is 2.98. The molecule has 75 valence electrons. The van der Waals surface area contributed by atoms with E-state index in [0.717, 1.165) is 0 Å². The van der Waals surface area contributed by atoms with Gasteiger partial charge in [-0.05, 0) is 13.3 Å². The summed E-state index contributed by atoms with van der Waals surface area (Å²) >= 11 is 0. The first-order valence-corrected chi connectivity index (χ1v) is 5.65. The van der Waals surface area contributed by atoms with Crippen LogP contribution in [0.3, 0.4) is 0 Å². The molecule has 13 heavy (non-hydrogen) atoms. The van der Waals surface area contributed by atoms with E-state index in [1.807, 2.05) is 6.92 Å². The van der Waals surface area contributed by atoms with Crippen molar-refractivity contribution in [1.82, 2.24) is 0 Å². The van der Waals surface area contributed by atoms with Gasteiger partial charge in [-0.3, -0.25) is 0 Å². The average molecular weight is 179 g/mol. The van der Waals surface area contributed by atoms with Crippen LogP contribution in [0.2, 0.25) is 0 Å². The van der Waals surface area contributed by atoms with E-state index in [9.17, 15) is 0 Å². The molecule has 0 amide bonds. The summed E-state index contributed by atoms with van der Waals surface area (Å²) in [4.78, 5) is 0. The quantitative estimate of drug-likeness (QED) is 0.384. The Bertz CT molecular complexity index is 136. The normalized spacial score (nSPS) is 9.38. The third-order valence-electron chi connectivity index (χ3n) is 2.20. The molecule has 0 N–H and O–H groups in total. The third kappa shape index (κ3) is 11.6. The molecule has 0 aromatic rings. The molecule has 0 atom stereocenters. The van der Waals surface area contributed by atoms with E-state index in [2.05, 4.69) is 25.2 Å². The zero-order valence-electron chi connectivity index (χ0n) is 9.23. The van der Waals surface area contributed by atoms with Crippen molar-refractivity contribution in [2.75, 3.05) is 0 Å². The molecule has 0 heteroatoms. The number of unbranched alkanes of at least 4 members (excludes halogenated alkanes) is 8. The van der Waals surface area contributed by atoms with Crippen LogP contribution in [0.4, 0.5) is 0 Å². The van der Waals surface area contributed by atoms with E-state index in [4.69, 9.17) is 0 Å². The van der Waals surface area contributed by atoms with E-state index in [-0.39, 0.29) is 0 Å². The summed E-state index contributed by atoms with van der Waals surface area (Å²) in [6.45, 7) is 4.15. The minimum Gasteiger partial charge on any atom is -0.106 e. The summed E-state index contributed by atoms with van der Waals surface area (Å²) in [6, 6.07) is 0. The van der Waals surface area contributed by atoms with Crippen LogP contribution in [-0.2, 0) is 0 Å². The largest absolute Gasteiger partial charge is 0.106 e. The Morgan fingerprint density at radius 3 is 2.15 bits per heavy atom. The molecule has 0 heterocycles. The minimum atomic E-state index is 1.18. The molecular weight excluding hydrogens is 156 g/mol. The van der Waals surface area contributed by atoms with Crippen molar-refractivity contribution in [3.63, 3.8) is 0 Å². The van der Waals surface area contributed by atoms with E-state index in [1.54, 1.807) is 0 Å². The van der Waals surface area contributed by atoms with Crippen molar-refractivity contribution in [3.8, 4) is 11.8 Å². The predicted molar refractivity (Wildman–Crippen MR) is 60.4 cm³/mol. The molecule has 1 radical (unpaired) electrons. The van der Waals surface area contributed by atoms with Crippen LogP contribution < -0.4 is 0 Å². The molecular formula is C13H23. The topological polar surface area (TPSA) is 0 Å². The molecule has 0 aliphatic heterocycles. The smallest absolute Gasteiger partial charge is 0.0340 e. The molecule has 0 nitrogen and oxygen atoms in total. The fourth-order valence-electron chi connectivity index (χ4n) is 1.38. The van der Waals surface area contributed by atoms with Gasteiger partial charge in [0.05, 0.1) is 0 Å². The third-order valence-corrected chi connectivity index (χ3v) is 2.20. The van der Waals surface area contributed by atoms with Crippen LogP contribution in [0, 0.1) is 18.3 Å². The van der Waals surface area contributed by atoms with Gasteiger partial charge in [0, 0.05) is 6.42 Å². The highest BCUT2D eigenvalue weighted by molar-refractivity contribution is 5.06. The van der Waals surface area contributed by atoms with E-state index in [0.29, 0.717) is 0 Å². The van der Waals surface area contributed by atoms with Gasteiger partial charge in [-0.1, -0.05) is 57.8 Å². The fraction of sp³-hybridized carbons (Fsp3) is 0.769. The van der Waals surface area contributed by atoms with E-state index in [1.165, 1.54) is 51.4 Å². The Balaban J connectivity index is 2.86. The Morgan fingerprint density at radius 1 is 0.923 bits per heavy atom. The lowest BCUT2D eigenvalue weighted by Crippen LogP contribution is -1.80. The zero-order chi connectivity index (χ0) is 9.78. The van der Waals surface area contributed by atoms with Crippen molar-refractivity contribution in [1.29, 1.82) is 0 Å². The summed E-state index contributed by atoms with van der Waals surface area (Å²) < 4.78 is 0. The fourth-order valence-corrected chi connectivity index (χ4v) is 1.38. The summed E-state index contributed by atoms with van der Waals surface area (Å²) in [5.41, 5.74) is 0. The first-order valence-electron chi connectivity index (χ1n) is 5.65. The standard InChI is InChI=1S/C13H23/c1-3-5-7-9-11-13-12-10-8-6-4-2/h8H,3,5,7,9-13H2,1-2H3. The first kappa shape index (κ1) is 12.6. The van der Waals surface area contributed by atoms with E-state index >= 15 is 0 Å². The Hall–Kier alpha value is -0.440. The molecule has 0 unspecified atom stereocenters. The summed E-state index contributed by atoms with van der Waals surface area (Å²) in [5, 5.41) is 0. The van der Waals surface area contributed by atoms with Crippen LogP contribution in [0.25, 0.3) is 0 Å². The monoisotopic (exact) mass is 179 g/mol. The minimum absolute atomic E-state index is 1.18. The van der Waals surface area contributed by atoms with Crippen molar-refractivity contribution in [3.05, 3.63) is 6.42 Å². The molecule has 0 aromatic heterocycles. The molecule has 0 saturated heterocycles. The summed E-state index contributed by atoms with van der Waals surface area (Å²) in [6.07, 6.45) is 13.0. The maximum Gasteiger partial charge on any atom is 0.0340 e. The average Bonchev–Trinajstić information content (AvgIpc) is 2.16. The molecule has 0 saturated carbocycles. The van der Waals surface area contributed by atoms with Gasteiger partial charge in [0.2, 0.25) is 0 Å². The van der Waals surface area contributed by atoms with Crippen LogP contribution in [0.15, 0.2) is 0 Å². The van der Waals surface area contributed by atoms with Gasteiger partial charge >= 0.3 is 0 Å². The number of hydrogen-bond donors (Lipinski definition) is 0. The molecule has 0 aromatic carbocycles. The SMILES string of the molecule is CC#C[CH]CCCCCCCCC. The highest BCUT2D eigenvalue weighted by atomic mass is 14.0. The van der Waals surface area contributed by atoms with Crippen molar-refractivity contribution >= 4 is 0 Å². The van der Waals surface area contributed by atoms with Gasteiger partial charge in [-0.25, -0.2) is 0 Å². The highest BCUT2D eigenvalue weighted by Gasteiger charge is 1.89. The molecule has 0 aliphatic rings. The lowest BCUT2D eigenvalue weighted by atomic mass is 10.1. The highest BCUT2D eigenvalue weighted by Crippen LogP contribution is 2.08. The van der Waals surface area contributed by atoms with Crippen molar-refractivity contribution in [2.24, 2.45) is 0 Å². The second kappa shape index (κ2) is 11.6. The van der Waals surface area contributed by atoms with Gasteiger partial charge < -0.3 is 0 Å². The van der Waals surface area contributed by atoms with Gasteiger partial charge in [-0.2, -0.15) is 0 Å². The second-order valence-electron chi connectivity index (χ2n) is 3.51. The Kier molecular flexibility index (Phi) is 11.2. The van der Waals surface area contributed by atoms with Crippen LogP contribution in [0.5, 0.6) is 0 Å². The lowest BCUT2D eigenvalue weighted by molar-refractivity contribution is 0.589. The van der Waals surface area contributed by atoms with E-state index < -0.39 is 0 Å². The summed E-state index contributed by atoms with van der Waals surface area (Å²) in [5.74, 6) is 5.87. The molecule has 0 spiro atoms. The van der Waals surface area contributed by atoms with Crippen molar-refractivity contribution < 1.29 is 0 Å². The van der Waals surface area contributed by atoms with Crippen molar-refractivity contribution in [2.45, 2.75) is 65.2 Å². The maximum absolute atomic E-state index is 2.98. The number of rotatable bonds is 8. The Labute approximate surface area is 84.1 Å². The van der Waals surface area contributed by atoms with Crippen LogP contribution >= 0.6 is 0 Å². The second-order valence-corrected chi connectivity index (χ2v) is 3.51. The Morgan fingerprint density at radius 2 is 1.54 bits per heavy atom. The van der Waals surface area contributed by atoms with Gasteiger partial charge in [-0.15, -0.1) is 5.92 Å². The molecule has 0 rings (SSSR count). The zero-order valence-corrected chi connectivity index (χ0v) is 9.23. The predicted octanol–water partition coefficient (Wildman–Crippen LogP) is 4.35. The summed E-state index contributed by atoms with van der Waals surface area (Å²) in [7, 11) is 0. The number of hydrogen-bond acceptors (Lipinski definition) is 0. The lowest BCUT2D eigenvalue weighted by Gasteiger charge is -1.98.